The summed E-state index contributed by atoms with van der Waals surface area (Å²) in [6.45, 7) is 3.86. The molecule has 2 aromatic rings. The Morgan fingerprint density at radius 3 is 2.47 bits per heavy atom. The summed E-state index contributed by atoms with van der Waals surface area (Å²) in [5, 5.41) is 0. The van der Waals surface area contributed by atoms with Crippen LogP contribution in [0, 0.1) is 0 Å². The lowest BCUT2D eigenvalue weighted by Crippen LogP contribution is -2.23. The SMILES string of the molecule is CCN(Cc1ccccc1)c1cc(OC)ccc1N. The van der Waals surface area contributed by atoms with E-state index in [0.29, 0.717) is 0 Å². The van der Waals surface area contributed by atoms with Gasteiger partial charge in [-0.15, -0.1) is 0 Å². The molecule has 19 heavy (non-hydrogen) atoms. The van der Waals surface area contributed by atoms with Gasteiger partial charge in [0.25, 0.3) is 0 Å². The first-order valence-electron chi connectivity index (χ1n) is 6.47. The zero-order chi connectivity index (χ0) is 13.7. The summed E-state index contributed by atoms with van der Waals surface area (Å²) in [4.78, 5) is 2.24. The molecule has 0 saturated carbocycles. The lowest BCUT2D eigenvalue weighted by molar-refractivity contribution is 0.415. The predicted molar refractivity (Wildman–Crippen MR) is 80.6 cm³/mol. The first kappa shape index (κ1) is 13.3. The first-order chi connectivity index (χ1) is 9.24. The third-order valence-corrected chi connectivity index (χ3v) is 3.18. The second kappa shape index (κ2) is 6.14. The highest BCUT2D eigenvalue weighted by molar-refractivity contribution is 5.69. The molecule has 0 unspecified atom stereocenters. The first-order valence-corrected chi connectivity index (χ1v) is 6.47. The van der Waals surface area contributed by atoms with Gasteiger partial charge in [0.05, 0.1) is 18.5 Å². The fraction of sp³-hybridized carbons (Fsp3) is 0.250. The normalized spacial score (nSPS) is 10.2. The Bertz CT molecular complexity index is 526. The van der Waals surface area contributed by atoms with Crippen LogP contribution in [-0.4, -0.2) is 13.7 Å². The monoisotopic (exact) mass is 256 g/mol. The van der Waals surface area contributed by atoms with Gasteiger partial charge in [0.1, 0.15) is 5.75 Å². The van der Waals surface area contributed by atoms with Crippen LogP contribution in [0.25, 0.3) is 0 Å². The zero-order valence-corrected chi connectivity index (χ0v) is 11.5. The topological polar surface area (TPSA) is 38.5 Å². The van der Waals surface area contributed by atoms with E-state index >= 15 is 0 Å². The summed E-state index contributed by atoms with van der Waals surface area (Å²) < 4.78 is 5.27. The fourth-order valence-corrected chi connectivity index (χ4v) is 2.10. The van der Waals surface area contributed by atoms with Gasteiger partial charge in [-0.3, -0.25) is 0 Å². The Labute approximate surface area is 114 Å². The third kappa shape index (κ3) is 3.19. The molecule has 2 aromatic carbocycles. The van der Waals surface area contributed by atoms with Crippen LogP contribution < -0.4 is 15.4 Å². The summed E-state index contributed by atoms with van der Waals surface area (Å²) in [5.74, 6) is 0.829. The van der Waals surface area contributed by atoms with Gasteiger partial charge in [0.2, 0.25) is 0 Å². The van der Waals surface area contributed by atoms with Crippen molar-refractivity contribution in [2.45, 2.75) is 13.5 Å². The molecule has 0 heterocycles. The summed E-state index contributed by atoms with van der Waals surface area (Å²) in [7, 11) is 1.67. The van der Waals surface area contributed by atoms with Gasteiger partial charge in [-0.25, -0.2) is 0 Å². The average Bonchev–Trinajstić information content (AvgIpc) is 2.47. The van der Waals surface area contributed by atoms with E-state index in [2.05, 4.69) is 36.1 Å². The molecule has 100 valence electrons. The highest BCUT2D eigenvalue weighted by atomic mass is 16.5. The predicted octanol–water partition coefficient (Wildman–Crippen LogP) is 3.30. The maximum atomic E-state index is 6.08. The van der Waals surface area contributed by atoms with Crippen LogP contribution in [-0.2, 0) is 6.54 Å². The van der Waals surface area contributed by atoms with Crippen molar-refractivity contribution in [2.24, 2.45) is 0 Å². The highest BCUT2D eigenvalue weighted by Gasteiger charge is 2.10. The van der Waals surface area contributed by atoms with E-state index in [1.807, 2.05) is 24.3 Å². The van der Waals surface area contributed by atoms with Gasteiger partial charge < -0.3 is 15.4 Å². The van der Waals surface area contributed by atoms with Crippen molar-refractivity contribution < 1.29 is 4.74 Å². The second-order valence-corrected chi connectivity index (χ2v) is 4.42. The number of nitrogens with two attached hydrogens (primary N) is 1. The van der Waals surface area contributed by atoms with E-state index < -0.39 is 0 Å². The van der Waals surface area contributed by atoms with Gasteiger partial charge in [-0.2, -0.15) is 0 Å². The fourth-order valence-electron chi connectivity index (χ4n) is 2.10. The Balaban J connectivity index is 2.26. The van der Waals surface area contributed by atoms with Crippen molar-refractivity contribution in [1.29, 1.82) is 0 Å². The van der Waals surface area contributed by atoms with Gasteiger partial charge >= 0.3 is 0 Å². The van der Waals surface area contributed by atoms with E-state index in [0.717, 1.165) is 30.2 Å². The molecule has 0 amide bonds. The van der Waals surface area contributed by atoms with E-state index in [1.54, 1.807) is 7.11 Å². The minimum Gasteiger partial charge on any atom is -0.497 e. The number of hydrogen-bond donors (Lipinski definition) is 1. The molecule has 0 spiro atoms. The maximum absolute atomic E-state index is 6.08. The Kier molecular flexibility index (Phi) is 4.29. The van der Waals surface area contributed by atoms with Crippen molar-refractivity contribution >= 4 is 11.4 Å². The summed E-state index contributed by atoms with van der Waals surface area (Å²) >= 11 is 0. The maximum Gasteiger partial charge on any atom is 0.121 e. The molecule has 2 rings (SSSR count). The molecule has 0 saturated heterocycles. The van der Waals surface area contributed by atoms with Gasteiger partial charge in [0, 0.05) is 19.2 Å². The quantitative estimate of drug-likeness (QED) is 0.834. The van der Waals surface area contributed by atoms with E-state index in [1.165, 1.54) is 5.56 Å². The molecule has 3 heteroatoms. The molecule has 0 aliphatic heterocycles. The lowest BCUT2D eigenvalue weighted by atomic mass is 10.1. The Hall–Kier alpha value is -2.16. The number of ether oxygens (including phenoxy) is 1. The number of nitrogens with zero attached hydrogens (tertiary/aromatic N) is 1. The summed E-state index contributed by atoms with van der Waals surface area (Å²) in [6, 6.07) is 16.1. The highest BCUT2D eigenvalue weighted by Crippen LogP contribution is 2.29. The van der Waals surface area contributed by atoms with Gasteiger partial charge in [0.15, 0.2) is 0 Å². The number of rotatable bonds is 5. The van der Waals surface area contributed by atoms with Gasteiger partial charge in [-0.05, 0) is 24.6 Å². The number of methoxy groups -OCH3 is 1. The smallest absolute Gasteiger partial charge is 0.121 e. The van der Waals surface area contributed by atoms with Crippen LogP contribution in [0.2, 0.25) is 0 Å². The van der Waals surface area contributed by atoms with E-state index in [9.17, 15) is 0 Å². The Morgan fingerprint density at radius 1 is 1.11 bits per heavy atom. The Morgan fingerprint density at radius 2 is 1.84 bits per heavy atom. The largest absolute Gasteiger partial charge is 0.497 e. The van der Waals surface area contributed by atoms with Crippen LogP contribution in [0.4, 0.5) is 11.4 Å². The second-order valence-electron chi connectivity index (χ2n) is 4.42. The molecule has 0 atom stereocenters. The van der Waals surface area contributed by atoms with Crippen LogP contribution in [0.15, 0.2) is 48.5 Å². The molecule has 2 N–H and O–H groups in total. The van der Waals surface area contributed by atoms with Crippen molar-refractivity contribution in [3.63, 3.8) is 0 Å². The van der Waals surface area contributed by atoms with Gasteiger partial charge in [-0.1, -0.05) is 30.3 Å². The van der Waals surface area contributed by atoms with Crippen LogP contribution >= 0.6 is 0 Å². The number of benzene rings is 2. The van der Waals surface area contributed by atoms with Crippen molar-refractivity contribution in [3.05, 3.63) is 54.1 Å². The van der Waals surface area contributed by atoms with Crippen LogP contribution in [0.3, 0.4) is 0 Å². The number of anilines is 2. The average molecular weight is 256 g/mol. The number of nitrogen functional groups attached to an aromatic ring is 1. The minimum atomic E-state index is 0.776. The molecular weight excluding hydrogens is 236 g/mol. The standard InChI is InChI=1S/C16H20N2O/c1-3-18(12-13-7-5-4-6-8-13)16-11-14(19-2)9-10-15(16)17/h4-11H,3,12,17H2,1-2H3. The van der Waals surface area contributed by atoms with E-state index in [4.69, 9.17) is 10.5 Å². The van der Waals surface area contributed by atoms with E-state index in [-0.39, 0.29) is 0 Å². The third-order valence-electron chi connectivity index (χ3n) is 3.18. The van der Waals surface area contributed by atoms with Crippen molar-refractivity contribution in [3.8, 4) is 5.75 Å². The zero-order valence-electron chi connectivity index (χ0n) is 11.5. The molecule has 0 bridgehead atoms. The summed E-state index contributed by atoms with van der Waals surface area (Å²) in [6.07, 6.45) is 0. The summed E-state index contributed by atoms with van der Waals surface area (Å²) in [5.41, 5.74) is 9.14. The van der Waals surface area contributed by atoms with Crippen molar-refractivity contribution in [2.75, 3.05) is 24.3 Å². The molecule has 0 fully saturated rings. The number of hydrogen-bond acceptors (Lipinski definition) is 3. The van der Waals surface area contributed by atoms with Crippen LogP contribution in [0.1, 0.15) is 12.5 Å². The molecule has 0 aliphatic rings. The molecule has 0 aromatic heterocycles. The molecular formula is C16H20N2O. The minimum absolute atomic E-state index is 0.776. The molecule has 0 radical (unpaired) electrons. The molecule has 0 aliphatic carbocycles. The van der Waals surface area contributed by atoms with Crippen molar-refractivity contribution in [1.82, 2.24) is 0 Å². The van der Waals surface area contributed by atoms with Crippen LogP contribution in [0.5, 0.6) is 5.75 Å². The molecule has 3 nitrogen and oxygen atoms in total. The lowest BCUT2D eigenvalue weighted by Gasteiger charge is -2.25.